The van der Waals surface area contributed by atoms with Gasteiger partial charge in [-0.1, -0.05) is 49.4 Å². The third-order valence-electron chi connectivity index (χ3n) is 5.31. The van der Waals surface area contributed by atoms with Gasteiger partial charge in [0.1, 0.15) is 0 Å². The summed E-state index contributed by atoms with van der Waals surface area (Å²) in [6, 6.07) is 15.0. The van der Waals surface area contributed by atoms with Crippen molar-refractivity contribution in [1.29, 1.82) is 5.41 Å². The molecule has 0 amide bonds. The molecule has 0 spiro atoms. The summed E-state index contributed by atoms with van der Waals surface area (Å²) in [5.41, 5.74) is 1.44. The van der Waals surface area contributed by atoms with Crippen molar-refractivity contribution in [2.24, 2.45) is 5.92 Å². The maximum Gasteiger partial charge on any atom is 0.303 e. The molecule has 2 aromatic rings. The van der Waals surface area contributed by atoms with Gasteiger partial charge >= 0.3 is 5.97 Å². The first-order chi connectivity index (χ1) is 13.9. The predicted octanol–water partition coefficient (Wildman–Crippen LogP) is 5.14. The molecule has 29 heavy (non-hydrogen) atoms. The Morgan fingerprint density at radius 3 is 2.48 bits per heavy atom. The fourth-order valence-electron chi connectivity index (χ4n) is 3.56. The minimum absolute atomic E-state index is 0.0809. The molecule has 3 N–H and O–H groups in total. The topological polar surface area (TPSA) is 90.3 Å². The molecule has 0 heterocycles. The van der Waals surface area contributed by atoms with Gasteiger partial charge in [-0.25, -0.2) is 0 Å². The van der Waals surface area contributed by atoms with Crippen LogP contribution in [0.5, 0.6) is 0 Å². The first kappa shape index (κ1) is 22.8. The number of hydrogen-bond donors (Lipinski definition) is 3. The zero-order chi connectivity index (χ0) is 21.2. The smallest absolute Gasteiger partial charge is 0.303 e. The number of aliphatic carboxylic acids is 1. The summed E-state index contributed by atoms with van der Waals surface area (Å²) in [6.07, 6.45) is 2.74. The highest BCUT2D eigenvalue weighted by atomic mass is 16.4. The molecule has 5 nitrogen and oxygen atoms in total. The molecule has 0 bridgehead atoms. The van der Waals surface area contributed by atoms with E-state index in [0.29, 0.717) is 19.3 Å². The van der Waals surface area contributed by atoms with Gasteiger partial charge in [0.25, 0.3) is 0 Å². The van der Waals surface area contributed by atoms with Crippen LogP contribution in [0.15, 0.2) is 42.5 Å². The molecule has 0 fully saturated rings. The maximum atomic E-state index is 12.0. The van der Waals surface area contributed by atoms with Crippen LogP contribution < -0.4 is 5.32 Å². The number of carboxylic acids is 1. The Morgan fingerprint density at radius 2 is 1.72 bits per heavy atom. The third-order valence-corrected chi connectivity index (χ3v) is 5.31. The van der Waals surface area contributed by atoms with Gasteiger partial charge in [-0.2, -0.15) is 0 Å². The lowest BCUT2D eigenvalue weighted by molar-refractivity contribution is -0.137. The van der Waals surface area contributed by atoms with Crippen LogP contribution in [0, 0.1) is 11.3 Å². The summed E-state index contributed by atoms with van der Waals surface area (Å²) in [4.78, 5) is 22.5. The second kappa shape index (κ2) is 11.5. The number of fused-ring (bicyclic) bond motifs is 1. The van der Waals surface area contributed by atoms with Crippen molar-refractivity contribution in [2.75, 3.05) is 6.54 Å². The monoisotopic (exact) mass is 396 g/mol. The quantitative estimate of drug-likeness (QED) is 0.323. The molecule has 2 rings (SSSR count). The lowest BCUT2D eigenvalue weighted by Crippen LogP contribution is -2.23. The van der Waals surface area contributed by atoms with Crippen molar-refractivity contribution < 1.29 is 14.7 Å². The number of ketones is 1. The number of carbonyl (C=O) groups is 2. The predicted molar refractivity (Wildman–Crippen MR) is 118 cm³/mol. The summed E-state index contributed by atoms with van der Waals surface area (Å²) < 4.78 is 0. The Morgan fingerprint density at radius 1 is 1.03 bits per heavy atom. The largest absolute Gasteiger partial charge is 0.481 e. The van der Waals surface area contributed by atoms with Crippen LogP contribution in [0.2, 0.25) is 0 Å². The standard InChI is InChI=1S/C24H32N2O3/c1-17(16-22(25)23(27)12-5-6-13-24(28)29)14-15-26-18(2)20-11-7-9-19-8-3-4-10-21(19)20/h3-4,7-11,17-18,25-26H,5-6,12-16H2,1-2H3,(H,28,29)/t17?,18-/m1/s1. The van der Waals surface area contributed by atoms with E-state index in [4.69, 9.17) is 10.5 Å². The van der Waals surface area contributed by atoms with Crippen molar-refractivity contribution in [3.63, 3.8) is 0 Å². The summed E-state index contributed by atoms with van der Waals surface area (Å²) in [6.45, 7) is 5.05. The number of hydrogen-bond acceptors (Lipinski definition) is 4. The number of rotatable bonds is 13. The Kier molecular flexibility index (Phi) is 9.00. The fraction of sp³-hybridized carbons (Fsp3) is 0.458. The molecule has 2 aromatic carbocycles. The van der Waals surface area contributed by atoms with E-state index in [1.165, 1.54) is 16.3 Å². The highest BCUT2D eigenvalue weighted by molar-refractivity contribution is 6.38. The van der Waals surface area contributed by atoms with Crippen LogP contribution in [0.3, 0.4) is 0 Å². The molecular weight excluding hydrogens is 364 g/mol. The number of nitrogens with one attached hydrogen (secondary N) is 2. The van der Waals surface area contributed by atoms with Crippen LogP contribution in [-0.4, -0.2) is 29.1 Å². The van der Waals surface area contributed by atoms with Gasteiger partial charge in [0, 0.05) is 18.9 Å². The summed E-state index contributed by atoms with van der Waals surface area (Å²) in [7, 11) is 0. The number of carboxylic acid groups (broad SMARTS) is 1. The lowest BCUT2D eigenvalue weighted by Gasteiger charge is -2.18. The van der Waals surface area contributed by atoms with Crippen LogP contribution >= 0.6 is 0 Å². The van der Waals surface area contributed by atoms with Gasteiger partial charge in [-0.05, 0) is 61.4 Å². The molecule has 1 unspecified atom stereocenters. The van der Waals surface area contributed by atoms with E-state index in [9.17, 15) is 9.59 Å². The third kappa shape index (κ3) is 7.42. The van der Waals surface area contributed by atoms with Crippen molar-refractivity contribution in [2.45, 2.75) is 58.4 Å². The molecule has 2 atom stereocenters. The maximum absolute atomic E-state index is 12.0. The van der Waals surface area contributed by atoms with Gasteiger partial charge in [-0.3, -0.25) is 9.59 Å². The minimum atomic E-state index is -0.841. The highest BCUT2D eigenvalue weighted by Crippen LogP contribution is 2.24. The molecule has 0 aliphatic carbocycles. The number of benzene rings is 2. The van der Waals surface area contributed by atoms with Gasteiger partial charge < -0.3 is 15.8 Å². The number of unbranched alkanes of at least 4 members (excludes halogenated alkanes) is 1. The summed E-state index contributed by atoms with van der Waals surface area (Å²) in [5.74, 6) is -0.747. The van der Waals surface area contributed by atoms with Gasteiger partial charge in [0.15, 0.2) is 5.78 Å². The van der Waals surface area contributed by atoms with E-state index in [-0.39, 0.29) is 36.3 Å². The van der Waals surface area contributed by atoms with E-state index >= 15 is 0 Å². The Bertz CT molecular complexity index is 842. The van der Waals surface area contributed by atoms with E-state index < -0.39 is 5.97 Å². The minimum Gasteiger partial charge on any atom is -0.481 e. The lowest BCUT2D eigenvalue weighted by atomic mass is 9.96. The average Bonchev–Trinajstić information content (AvgIpc) is 2.70. The Hall–Kier alpha value is -2.53. The SMILES string of the molecule is CC(CCN[C@H](C)c1cccc2ccccc12)CC(=N)C(=O)CCCCC(=O)O. The zero-order valence-corrected chi connectivity index (χ0v) is 17.4. The second-order valence-electron chi connectivity index (χ2n) is 7.84. The molecule has 0 aliphatic rings. The molecular formula is C24H32N2O3. The summed E-state index contributed by atoms with van der Waals surface area (Å²) >= 11 is 0. The summed E-state index contributed by atoms with van der Waals surface area (Å²) in [5, 5.41) is 22.7. The Balaban J connectivity index is 1.73. The second-order valence-corrected chi connectivity index (χ2v) is 7.84. The van der Waals surface area contributed by atoms with Gasteiger partial charge in [0.2, 0.25) is 0 Å². The van der Waals surface area contributed by atoms with Crippen LogP contribution in [-0.2, 0) is 9.59 Å². The van der Waals surface area contributed by atoms with Crippen molar-refractivity contribution in [3.05, 3.63) is 48.0 Å². The highest BCUT2D eigenvalue weighted by Gasteiger charge is 2.14. The molecule has 156 valence electrons. The normalized spacial score (nSPS) is 13.2. The zero-order valence-electron chi connectivity index (χ0n) is 17.4. The molecule has 0 radical (unpaired) electrons. The first-order valence-corrected chi connectivity index (χ1v) is 10.4. The van der Waals surface area contributed by atoms with Gasteiger partial charge in [0.05, 0.1) is 5.71 Å². The molecule has 0 aliphatic heterocycles. The molecule has 0 aromatic heterocycles. The van der Waals surface area contributed by atoms with Crippen molar-refractivity contribution >= 4 is 28.2 Å². The van der Waals surface area contributed by atoms with Gasteiger partial charge in [-0.15, -0.1) is 0 Å². The number of carbonyl (C=O) groups excluding carboxylic acids is 1. The number of Topliss-reactive ketones (excluding diaryl/α,β-unsaturated/α-hetero) is 1. The van der Waals surface area contributed by atoms with E-state index in [2.05, 4.69) is 55.6 Å². The van der Waals surface area contributed by atoms with Crippen LogP contribution in [0.4, 0.5) is 0 Å². The molecule has 5 heteroatoms. The van der Waals surface area contributed by atoms with Crippen molar-refractivity contribution in [1.82, 2.24) is 5.32 Å². The van der Waals surface area contributed by atoms with E-state index in [1.54, 1.807) is 0 Å². The molecule has 0 saturated heterocycles. The van der Waals surface area contributed by atoms with Crippen LogP contribution in [0.25, 0.3) is 10.8 Å². The fourth-order valence-corrected chi connectivity index (χ4v) is 3.56. The first-order valence-electron chi connectivity index (χ1n) is 10.4. The van der Waals surface area contributed by atoms with Crippen molar-refractivity contribution in [3.8, 4) is 0 Å². The average molecular weight is 397 g/mol. The molecule has 0 saturated carbocycles. The van der Waals surface area contributed by atoms with E-state index in [0.717, 1.165) is 13.0 Å². The van der Waals surface area contributed by atoms with E-state index in [1.807, 2.05) is 6.07 Å². The Labute approximate surface area is 173 Å². The van der Waals surface area contributed by atoms with Crippen LogP contribution in [0.1, 0.15) is 64.0 Å².